The number of aliphatic hydroxyl groups is 1. The molecule has 1 aliphatic heterocycles. The maximum Gasteiger partial charge on any atom is 0.317 e. The summed E-state index contributed by atoms with van der Waals surface area (Å²) in [5.41, 5.74) is 1.98. The van der Waals surface area contributed by atoms with E-state index in [1.165, 1.54) is 0 Å². The number of likely N-dealkylation sites (tertiary alicyclic amines) is 1. The van der Waals surface area contributed by atoms with Crippen molar-refractivity contribution in [2.24, 2.45) is 5.41 Å². The van der Waals surface area contributed by atoms with E-state index in [0.29, 0.717) is 18.8 Å². The molecule has 1 fully saturated rings. The third-order valence-electron chi connectivity index (χ3n) is 5.74. The minimum absolute atomic E-state index is 0.0114. The number of hydrogen-bond acceptors (Lipinski definition) is 3. The second kappa shape index (κ2) is 6.40. The van der Waals surface area contributed by atoms with Crippen LogP contribution in [-0.4, -0.2) is 40.8 Å². The molecule has 3 rings (SSSR count). The molecule has 3 N–H and O–H groups in total. The molecule has 2 amide bonds. The second-order valence-corrected chi connectivity index (χ2v) is 6.88. The van der Waals surface area contributed by atoms with E-state index < -0.39 is 0 Å². The number of rotatable bonds is 3. The van der Waals surface area contributed by atoms with E-state index in [2.05, 4.69) is 12.2 Å². The van der Waals surface area contributed by atoms with Crippen LogP contribution in [0.25, 0.3) is 0 Å². The van der Waals surface area contributed by atoms with Crippen molar-refractivity contribution < 1.29 is 15.0 Å². The third kappa shape index (κ3) is 3.02. The third-order valence-corrected chi connectivity index (χ3v) is 5.74. The minimum atomic E-state index is -0.0335. The maximum absolute atomic E-state index is 12.5. The van der Waals surface area contributed by atoms with Gasteiger partial charge in [0.1, 0.15) is 5.75 Å². The molecule has 1 aliphatic carbocycles. The Morgan fingerprint density at radius 3 is 2.78 bits per heavy atom. The molecule has 0 bridgehead atoms. The lowest BCUT2D eigenvalue weighted by Gasteiger charge is -2.40. The number of carbonyl (C=O) groups is 1. The Kier molecular flexibility index (Phi) is 4.48. The van der Waals surface area contributed by atoms with Gasteiger partial charge in [0.25, 0.3) is 0 Å². The van der Waals surface area contributed by atoms with Gasteiger partial charge in [-0.1, -0.05) is 19.1 Å². The zero-order valence-corrected chi connectivity index (χ0v) is 13.7. The van der Waals surface area contributed by atoms with E-state index in [1.807, 2.05) is 17.0 Å². The van der Waals surface area contributed by atoms with Gasteiger partial charge in [-0.3, -0.25) is 0 Å². The summed E-state index contributed by atoms with van der Waals surface area (Å²) in [6.45, 7) is 3.70. The van der Waals surface area contributed by atoms with Gasteiger partial charge in [-0.15, -0.1) is 0 Å². The highest BCUT2D eigenvalue weighted by Gasteiger charge is 2.35. The van der Waals surface area contributed by atoms with Crippen LogP contribution in [0.15, 0.2) is 18.2 Å². The van der Waals surface area contributed by atoms with E-state index in [1.54, 1.807) is 6.07 Å². The van der Waals surface area contributed by atoms with Gasteiger partial charge in [0, 0.05) is 19.7 Å². The highest BCUT2D eigenvalue weighted by molar-refractivity contribution is 5.75. The summed E-state index contributed by atoms with van der Waals surface area (Å²) in [5.74, 6) is 0.327. The smallest absolute Gasteiger partial charge is 0.317 e. The number of hydrogen-bond donors (Lipinski definition) is 3. The molecule has 23 heavy (non-hydrogen) atoms. The number of amides is 2. The maximum atomic E-state index is 12.5. The van der Waals surface area contributed by atoms with Crippen molar-refractivity contribution in [2.75, 3.05) is 19.7 Å². The Balaban J connectivity index is 1.61. The summed E-state index contributed by atoms with van der Waals surface area (Å²) >= 11 is 0. The summed E-state index contributed by atoms with van der Waals surface area (Å²) in [6.07, 6.45) is 4.30. The van der Waals surface area contributed by atoms with Crippen molar-refractivity contribution >= 4 is 6.03 Å². The Morgan fingerprint density at radius 1 is 1.39 bits per heavy atom. The van der Waals surface area contributed by atoms with Crippen LogP contribution in [0.1, 0.15) is 49.8 Å². The van der Waals surface area contributed by atoms with Gasteiger partial charge in [0.2, 0.25) is 0 Å². The van der Waals surface area contributed by atoms with Gasteiger partial charge < -0.3 is 20.4 Å². The fourth-order valence-electron chi connectivity index (χ4n) is 3.83. The normalized spacial score (nSPS) is 22.7. The summed E-state index contributed by atoms with van der Waals surface area (Å²) in [7, 11) is 0. The molecule has 0 radical (unpaired) electrons. The fourth-order valence-corrected chi connectivity index (χ4v) is 3.83. The standard InChI is InChI=1S/C18H26N2O3/c1-2-18(12-21)8-10-20(11-9-18)17(23)19-15-7-6-14-13(15)4-3-5-16(14)22/h3-5,15,21-22H,2,6-12H2,1H3,(H,19,23). The molecule has 126 valence electrons. The quantitative estimate of drug-likeness (QED) is 0.802. The zero-order chi connectivity index (χ0) is 16.4. The number of phenolic OH excluding ortho intramolecular Hbond substituents is 1. The summed E-state index contributed by atoms with van der Waals surface area (Å²) < 4.78 is 0. The molecular formula is C18H26N2O3. The van der Waals surface area contributed by atoms with Crippen molar-refractivity contribution in [3.05, 3.63) is 29.3 Å². The number of phenols is 1. The Bertz CT molecular complexity index is 574. The van der Waals surface area contributed by atoms with E-state index in [9.17, 15) is 15.0 Å². The Hall–Kier alpha value is -1.75. The van der Waals surface area contributed by atoms with E-state index in [4.69, 9.17) is 0 Å². The van der Waals surface area contributed by atoms with Crippen LogP contribution in [0.5, 0.6) is 5.75 Å². The number of fused-ring (bicyclic) bond motifs is 1. The van der Waals surface area contributed by atoms with Crippen molar-refractivity contribution in [1.29, 1.82) is 0 Å². The van der Waals surface area contributed by atoms with Crippen LogP contribution in [-0.2, 0) is 6.42 Å². The van der Waals surface area contributed by atoms with Crippen LogP contribution in [0.4, 0.5) is 4.79 Å². The number of aromatic hydroxyl groups is 1. The van der Waals surface area contributed by atoms with E-state index >= 15 is 0 Å². The first-order valence-electron chi connectivity index (χ1n) is 8.55. The number of nitrogens with zero attached hydrogens (tertiary/aromatic N) is 1. The molecule has 5 nitrogen and oxygen atoms in total. The molecule has 1 atom stereocenters. The number of benzene rings is 1. The molecule has 1 aromatic carbocycles. The molecule has 2 aliphatic rings. The molecule has 0 spiro atoms. The van der Waals surface area contributed by atoms with Crippen LogP contribution >= 0.6 is 0 Å². The molecule has 1 saturated heterocycles. The van der Waals surface area contributed by atoms with E-state index in [0.717, 1.165) is 43.2 Å². The van der Waals surface area contributed by atoms with Gasteiger partial charge >= 0.3 is 6.03 Å². The second-order valence-electron chi connectivity index (χ2n) is 6.88. The highest BCUT2D eigenvalue weighted by Crippen LogP contribution is 2.37. The molecule has 1 heterocycles. The fraction of sp³-hybridized carbons (Fsp3) is 0.611. The summed E-state index contributed by atoms with van der Waals surface area (Å²) in [6, 6.07) is 5.47. The van der Waals surface area contributed by atoms with Crippen LogP contribution in [0.3, 0.4) is 0 Å². The minimum Gasteiger partial charge on any atom is -0.508 e. The summed E-state index contributed by atoms with van der Waals surface area (Å²) in [4.78, 5) is 14.4. The van der Waals surface area contributed by atoms with Crippen molar-refractivity contribution in [2.45, 2.75) is 45.1 Å². The zero-order valence-electron chi connectivity index (χ0n) is 13.7. The first kappa shape index (κ1) is 16.1. The highest BCUT2D eigenvalue weighted by atomic mass is 16.3. The predicted octanol–water partition coefficient (Wildman–Crippen LogP) is 2.57. The average Bonchev–Trinajstić information content (AvgIpc) is 2.99. The van der Waals surface area contributed by atoms with Gasteiger partial charge in [-0.05, 0) is 54.7 Å². The summed E-state index contributed by atoms with van der Waals surface area (Å²) in [5, 5.41) is 22.6. The van der Waals surface area contributed by atoms with Gasteiger partial charge in [-0.25, -0.2) is 4.79 Å². The molecule has 5 heteroatoms. The van der Waals surface area contributed by atoms with Crippen LogP contribution in [0.2, 0.25) is 0 Å². The lowest BCUT2D eigenvalue weighted by Crippen LogP contribution is -2.48. The van der Waals surface area contributed by atoms with Crippen LogP contribution < -0.4 is 5.32 Å². The average molecular weight is 318 g/mol. The molecule has 1 unspecified atom stereocenters. The molecular weight excluding hydrogens is 292 g/mol. The lowest BCUT2D eigenvalue weighted by molar-refractivity contribution is 0.0515. The molecule has 0 saturated carbocycles. The number of piperidine rings is 1. The Morgan fingerprint density at radius 2 is 2.13 bits per heavy atom. The monoisotopic (exact) mass is 318 g/mol. The molecule has 1 aromatic rings. The topological polar surface area (TPSA) is 72.8 Å². The van der Waals surface area contributed by atoms with Gasteiger partial charge in [0.05, 0.1) is 6.04 Å². The van der Waals surface area contributed by atoms with Gasteiger partial charge in [-0.2, -0.15) is 0 Å². The van der Waals surface area contributed by atoms with E-state index in [-0.39, 0.29) is 24.1 Å². The lowest BCUT2D eigenvalue weighted by atomic mass is 9.77. The van der Waals surface area contributed by atoms with Crippen molar-refractivity contribution in [3.63, 3.8) is 0 Å². The van der Waals surface area contributed by atoms with Gasteiger partial charge in [0.15, 0.2) is 0 Å². The van der Waals surface area contributed by atoms with Crippen molar-refractivity contribution in [3.8, 4) is 5.75 Å². The number of aliphatic hydroxyl groups excluding tert-OH is 1. The van der Waals surface area contributed by atoms with Crippen LogP contribution in [0, 0.1) is 5.41 Å². The predicted molar refractivity (Wildman–Crippen MR) is 88.3 cm³/mol. The first-order valence-corrected chi connectivity index (χ1v) is 8.55. The Labute approximate surface area is 137 Å². The number of nitrogens with one attached hydrogen (secondary N) is 1. The van der Waals surface area contributed by atoms with Crippen molar-refractivity contribution in [1.82, 2.24) is 10.2 Å². The molecule has 0 aromatic heterocycles. The SMILES string of the molecule is CCC1(CO)CCN(C(=O)NC2CCc3c(O)cccc32)CC1. The number of urea groups is 1. The number of carbonyl (C=O) groups excluding carboxylic acids is 1. The first-order chi connectivity index (χ1) is 11.1. The largest absolute Gasteiger partial charge is 0.508 e.